The lowest BCUT2D eigenvalue weighted by atomic mass is 10.1. The van der Waals surface area contributed by atoms with Crippen LogP contribution in [0.25, 0.3) is 0 Å². The van der Waals surface area contributed by atoms with E-state index in [0.717, 1.165) is 24.4 Å². The lowest BCUT2D eigenvalue weighted by Gasteiger charge is -2.09. The van der Waals surface area contributed by atoms with Crippen LogP contribution >= 0.6 is 0 Å². The number of aromatic nitrogens is 1. The van der Waals surface area contributed by atoms with Crippen molar-refractivity contribution in [1.82, 2.24) is 10.5 Å². The number of carbonyl (C=O) groups is 1. The maximum Gasteiger partial charge on any atom is 0.277 e. The molecule has 0 spiro atoms. The van der Waals surface area contributed by atoms with E-state index in [2.05, 4.69) is 15.8 Å². The Kier molecular flexibility index (Phi) is 3.39. The van der Waals surface area contributed by atoms with Crippen LogP contribution in [-0.2, 0) is 6.54 Å². The van der Waals surface area contributed by atoms with E-state index in [-0.39, 0.29) is 11.6 Å². The number of ether oxygens (including phenoxy) is 1. The number of hydrogen-bond donors (Lipinski definition) is 2. The van der Waals surface area contributed by atoms with Crippen LogP contribution in [0.1, 0.15) is 21.8 Å². The summed E-state index contributed by atoms with van der Waals surface area (Å²) in [6, 6.07) is 7.18. The molecule has 6 heteroatoms. The molecule has 0 saturated heterocycles. The maximum atomic E-state index is 12.0. The standard InChI is InChI=1S/C14H15N3O3/c1-9-6-12(17-20-9)14(18)16-11-2-3-13-10(7-11)8-15-4-5-19-13/h2-3,6-7,15H,4-5,8H2,1H3,(H,16,18). The third kappa shape index (κ3) is 2.65. The van der Waals surface area contributed by atoms with Crippen LogP contribution in [0.4, 0.5) is 5.69 Å². The number of carbonyl (C=O) groups excluding carboxylic acids is 1. The van der Waals surface area contributed by atoms with Crippen molar-refractivity contribution in [3.63, 3.8) is 0 Å². The van der Waals surface area contributed by atoms with Crippen molar-refractivity contribution >= 4 is 11.6 Å². The normalized spacial score (nSPS) is 14.1. The van der Waals surface area contributed by atoms with Crippen LogP contribution in [-0.4, -0.2) is 24.2 Å². The van der Waals surface area contributed by atoms with Gasteiger partial charge in [0.25, 0.3) is 5.91 Å². The number of benzene rings is 1. The second kappa shape index (κ2) is 5.34. The Bertz CT molecular complexity index is 636. The first-order valence-electron chi connectivity index (χ1n) is 6.43. The average Bonchev–Trinajstić information content (AvgIpc) is 2.74. The summed E-state index contributed by atoms with van der Waals surface area (Å²) in [7, 11) is 0. The summed E-state index contributed by atoms with van der Waals surface area (Å²) >= 11 is 0. The number of nitrogens with one attached hydrogen (secondary N) is 2. The Morgan fingerprint density at radius 2 is 2.30 bits per heavy atom. The smallest absolute Gasteiger partial charge is 0.277 e. The molecule has 0 atom stereocenters. The molecule has 0 unspecified atom stereocenters. The number of fused-ring (bicyclic) bond motifs is 1. The summed E-state index contributed by atoms with van der Waals surface area (Å²) in [6.45, 7) is 3.93. The van der Waals surface area contributed by atoms with Crippen LogP contribution in [0, 0.1) is 6.92 Å². The largest absolute Gasteiger partial charge is 0.492 e. The highest BCUT2D eigenvalue weighted by Crippen LogP contribution is 2.24. The second-order valence-electron chi connectivity index (χ2n) is 4.62. The van der Waals surface area contributed by atoms with Gasteiger partial charge in [-0.2, -0.15) is 0 Å². The number of anilines is 1. The minimum absolute atomic E-state index is 0.270. The number of hydrogen-bond acceptors (Lipinski definition) is 5. The van der Waals surface area contributed by atoms with Gasteiger partial charge in [-0.05, 0) is 25.1 Å². The maximum absolute atomic E-state index is 12.0. The fourth-order valence-electron chi connectivity index (χ4n) is 2.06. The van der Waals surface area contributed by atoms with Gasteiger partial charge in [0.2, 0.25) is 0 Å². The summed E-state index contributed by atoms with van der Waals surface area (Å²) in [5.74, 6) is 1.17. The number of amides is 1. The molecule has 1 aromatic carbocycles. The fourth-order valence-corrected chi connectivity index (χ4v) is 2.06. The lowest BCUT2D eigenvalue weighted by Crippen LogP contribution is -2.16. The highest BCUT2D eigenvalue weighted by Gasteiger charge is 2.13. The van der Waals surface area contributed by atoms with Crippen LogP contribution in [0.3, 0.4) is 0 Å². The zero-order valence-electron chi connectivity index (χ0n) is 11.1. The molecule has 0 fully saturated rings. The molecule has 0 radical (unpaired) electrons. The van der Waals surface area contributed by atoms with E-state index < -0.39 is 0 Å². The molecule has 2 N–H and O–H groups in total. The molecule has 104 valence electrons. The molecule has 6 nitrogen and oxygen atoms in total. The first kappa shape index (κ1) is 12.7. The van der Waals surface area contributed by atoms with E-state index in [1.165, 1.54) is 0 Å². The zero-order chi connectivity index (χ0) is 13.9. The Labute approximate surface area is 116 Å². The topological polar surface area (TPSA) is 76.4 Å². The van der Waals surface area contributed by atoms with Gasteiger partial charge in [-0.15, -0.1) is 0 Å². The van der Waals surface area contributed by atoms with E-state index >= 15 is 0 Å². The van der Waals surface area contributed by atoms with Crippen LogP contribution in [0.5, 0.6) is 5.75 Å². The first-order chi connectivity index (χ1) is 9.72. The third-order valence-electron chi connectivity index (χ3n) is 3.03. The highest BCUT2D eigenvalue weighted by atomic mass is 16.5. The Morgan fingerprint density at radius 1 is 1.40 bits per heavy atom. The Morgan fingerprint density at radius 3 is 3.10 bits per heavy atom. The second-order valence-corrected chi connectivity index (χ2v) is 4.62. The molecule has 1 amide bonds. The van der Waals surface area contributed by atoms with Gasteiger partial charge in [-0.1, -0.05) is 5.16 Å². The molecule has 2 aromatic rings. The molecule has 1 aliphatic heterocycles. The van der Waals surface area contributed by atoms with Crippen molar-refractivity contribution in [3.05, 3.63) is 41.3 Å². The van der Waals surface area contributed by atoms with Gasteiger partial charge in [-0.25, -0.2) is 0 Å². The van der Waals surface area contributed by atoms with Gasteiger partial charge >= 0.3 is 0 Å². The van der Waals surface area contributed by atoms with Crippen molar-refractivity contribution in [2.45, 2.75) is 13.5 Å². The van der Waals surface area contributed by atoms with Crippen LogP contribution in [0.2, 0.25) is 0 Å². The van der Waals surface area contributed by atoms with Crippen LogP contribution < -0.4 is 15.4 Å². The molecule has 0 bridgehead atoms. The fraction of sp³-hybridized carbons (Fsp3) is 0.286. The Balaban J connectivity index is 1.77. The summed E-state index contributed by atoms with van der Waals surface area (Å²) in [5, 5.41) is 9.74. The quantitative estimate of drug-likeness (QED) is 0.871. The van der Waals surface area contributed by atoms with E-state index in [1.54, 1.807) is 13.0 Å². The first-order valence-corrected chi connectivity index (χ1v) is 6.43. The number of aryl methyl sites for hydroxylation is 1. The summed E-state index contributed by atoms with van der Waals surface area (Å²) in [4.78, 5) is 12.0. The lowest BCUT2D eigenvalue weighted by molar-refractivity contribution is 0.101. The summed E-state index contributed by atoms with van der Waals surface area (Å²) in [5.41, 5.74) is 2.00. The SMILES string of the molecule is Cc1cc(C(=O)Nc2ccc3c(c2)CNCCO3)no1. The highest BCUT2D eigenvalue weighted by molar-refractivity contribution is 6.02. The molecular weight excluding hydrogens is 258 g/mol. The Hall–Kier alpha value is -2.34. The predicted octanol–water partition coefficient (Wildman–Crippen LogP) is 1.72. The molecular formula is C14H15N3O3. The summed E-state index contributed by atoms with van der Waals surface area (Å²) < 4.78 is 10.5. The van der Waals surface area contributed by atoms with Crippen LogP contribution in [0.15, 0.2) is 28.8 Å². The van der Waals surface area contributed by atoms with Gasteiger partial charge in [0.15, 0.2) is 5.69 Å². The van der Waals surface area contributed by atoms with Gasteiger partial charge in [0, 0.05) is 30.4 Å². The minimum atomic E-state index is -0.288. The van der Waals surface area contributed by atoms with Crippen molar-refractivity contribution in [2.75, 3.05) is 18.5 Å². The molecule has 3 rings (SSSR count). The monoisotopic (exact) mass is 273 g/mol. The predicted molar refractivity (Wildman–Crippen MR) is 72.8 cm³/mol. The molecule has 20 heavy (non-hydrogen) atoms. The molecule has 1 aromatic heterocycles. The summed E-state index contributed by atoms with van der Waals surface area (Å²) in [6.07, 6.45) is 0. The number of nitrogens with zero attached hydrogens (tertiary/aromatic N) is 1. The van der Waals surface area contributed by atoms with Crippen molar-refractivity contribution < 1.29 is 14.1 Å². The molecule has 0 saturated carbocycles. The van der Waals surface area contributed by atoms with Gasteiger partial charge in [0.1, 0.15) is 18.1 Å². The van der Waals surface area contributed by atoms with Gasteiger partial charge in [0.05, 0.1) is 0 Å². The minimum Gasteiger partial charge on any atom is -0.492 e. The van der Waals surface area contributed by atoms with Crippen molar-refractivity contribution in [1.29, 1.82) is 0 Å². The van der Waals surface area contributed by atoms with E-state index in [4.69, 9.17) is 9.26 Å². The van der Waals surface area contributed by atoms with Crippen molar-refractivity contribution in [2.24, 2.45) is 0 Å². The molecule has 0 aliphatic carbocycles. The van der Waals surface area contributed by atoms with Gasteiger partial charge < -0.3 is 19.9 Å². The third-order valence-corrected chi connectivity index (χ3v) is 3.03. The van der Waals surface area contributed by atoms with Crippen molar-refractivity contribution in [3.8, 4) is 5.75 Å². The number of rotatable bonds is 2. The zero-order valence-corrected chi connectivity index (χ0v) is 11.1. The van der Waals surface area contributed by atoms with Gasteiger partial charge in [-0.3, -0.25) is 4.79 Å². The average molecular weight is 273 g/mol. The molecule has 2 heterocycles. The van der Waals surface area contributed by atoms with E-state index in [1.807, 2.05) is 18.2 Å². The van der Waals surface area contributed by atoms with E-state index in [9.17, 15) is 4.79 Å². The van der Waals surface area contributed by atoms with E-state index in [0.29, 0.717) is 18.1 Å². The molecule has 1 aliphatic rings.